The maximum Gasteiger partial charge on any atom is 0.311 e. The van der Waals surface area contributed by atoms with Crippen molar-refractivity contribution in [3.63, 3.8) is 0 Å². The van der Waals surface area contributed by atoms with Crippen molar-refractivity contribution in [2.45, 2.75) is 32.8 Å². The van der Waals surface area contributed by atoms with Crippen LogP contribution < -0.4 is 10.2 Å². The van der Waals surface area contributed by atoms with Crippen LogP contribution in [0.25, 0.3) is 0 Å². The topological polar surface area (TPSA) is 91.5 Å². The van der Waals surface area contributed by atoms with Crippen LogP contribution in [0.15, 0.2) is 12.1 Å². The van der Waals surface area contributed by atoms with Gasteiger partial charge in [-0.15, -0.1) is 0 Å². The Morgan fingerprint density at radius 3 is 2.71 bits per heavy atom. The van der Waals surface area contributed by atoms with Gasteiger partial charge in [0.1, 0.15) is 5.82 Å². The number of anilines is 2. The molecule has 116 valence electrons. The molecule has 1 saturated heterocycles. The average molecular weight is 294 g/mol. The van der Waals surface area contributed by atoms with Gasteiger partial charge in [-0.3, -0.25) is 10.1 Å². The number of nitrogens with zero attached hydrogens (tertiary/aromatic N) is 3. The second-order valence-corrected chi connectivity index (χ2v) is 5.39. The molecule has 0 bridgehead atoms. The van der Waals surface area contributed by atoms with Gasteiger partial charge in [-0.25, -0.2) is 4.98 Å². The summed E-state index contributed by atoms with van der Waals surface area (Å²) < 4.78 is 0. The van der Waals surface area contributed by atoms with E-state index in [0.717, 1.165) is 12.8 Å². The Bertz CT molecular complexity index is 499. The molecule has 0 aromatic carbocycles. The number of aromatic nitrogens is 1. The molecule has 0 amide bonds. The molecular formula is C14H22N4O3. The summed E-state index contributed by atoms with van der Waals surface area (Å²) in [7, 11) is 0. The molecule has 1 aromatic rings. The molecule has 2 N–H and O–H groups in total. The standard InChI is InChI=1S/C14H22N4O3/c1-3-15-13-5-4-12(18(20)21)14(16-13)17-8-6-11(7-9-17)10(2)19/h4-5,10-11,19H,3,6-9H2,1-2H3,(H,15,16). The number of rotatable bonds is 5. The van der Waals surface area contributed by atoms with Crippen LogP contribution in [-0.4, -0.2) is 40.8 Å². The van der Waals surface area contributed by atoms with E-state index in [1.54, 1.807) is 13.0 Å². The van der Waals surface area contributed by atoms with Crippen molar-refractivity contribution in [3.8, 4) is 0 Å². The van der Waals surface area contributed by atoms with Gasteiger partial charge in [0, 0.05) is 25.7 Å². The van der Waals surface area contributed by atoms with E-state index in [4.69, 9.17) is 0 Å². The summed E-state index contributed by atoms with van der Waals surface area (Å²) in [6, 6.07) is 3.13. The highest BCUT2D eigenvalue weighted by molar-refractivity contribution is 5.62. The van der Waals surface area contributed by atoms with Crippen LogP contribution in [0.4, 0.5) is 17.3 Å². The van der Waals surface area contributed by atoms with Crippen molar-refractivity contribution < 1.29 is 10.0 Å². The van der Waals surface area contributed by atoms with Crippen molar-refractivity contribution in [1.82, 2.24) is 4.98 Å². The van der Waals surface area contributed by atoms with Gasteiger partial charge in [-0.1, -0.05) is 0 Å². The van der Waals surface area contributed by atoms with Crippen LogP contribution in [0, 0.1) is 16.0 Å². The SMILES string of the molecule is CCNc1ccc([N+](=O)[O-])c(N2CCC(C(C)O)CC2)n1. The van der Waals surface area contributed by atoms with Crippen molar-refractivity contribution in [1.29, 1.82) is 0 Å². The normalized spacial score (nSPS) is 17.6. The molecule has 0 radical (unpaired) electrons. The molecule has 21 heavy (non-hydrogen) atoms. The number of nitro groups is 1. The zero-order chi connectivity index (χ0) is 15.4. The number of hydrogen-bond acceptors (Lipinski definition) is 6. The molecule has 7 nitrogen and oxygen atoms in total. The van der Waals surface area contributed by atoms with Crippen LogP contribution in [-0.2, 0) is 0 Å². The lowest BCUT2D eigenvalue weighted by atomic mass is 9.92. The monoisotopic (exact) mass is 294 g/mol. The van der Waals surface area contributed by atoms with Crippen LogP contribution in [0.3, 0.4) is 0 Å². The second kappa shape index (κ2) is 6.71. The maximum absolute atomic E-state index is 11.2. The summed E-state index contributed by atoms with van der Waals surface area (Å²) in [5.74, 6) is 1.33. The van der Waals surface area contributed by atoms with E-state index >= 15 is 0 Å². The summed E-state index contributed by atoms with van der Waals surface area (Å²) in [6.45, 7) is 5.83. The molecule has 1 unspecified atom stereocenters. The number of piperidine rings is 1. The van der Waals surface area contributed by atoms with Gasteiger partial charge in [-0.2, -0.15) is 0 Å². The molecule has 0 spiro atoms. The first-order valence-corrected chi connectivity index (χ1v) is 7.35. The zero-order valence-corrected chi connectivity index (χ0v) is 12.5. The van der Waals surface area contributed by atoms with Crippen LogP contribution in [0.2, 0.25) is 0 Å². The zero-order valence-electron chi connectivity index (χ0n) is 12.5. The van der Waals surface area contributed by atoms with Crippen molar-refractivity contribution in [2.24, 2.45) is 5.92 Å². The number of hydrogen-bond donors (Lipinski definition) is 2. The van der Waals surface area contributed by atoms with Gasteiger partial charge in [-0.05, 0) is 38.7 Å². The third-order valence-corrected chi connectivity index (χ3v) is 3.93. The van der Waals surface area contributed by atoms with Gasteiger partial charge in [0.15, 0.2) is 0 Å². The van der Waals surface area contributed by atoms with E-state index < -0.39 is 4.92 Å². The van der Waals surface area contributed by atoms with Gasteiger partial charge >= 0.3 is 5.69 Å². The summed E-state index contributed by atoms with van der Waals surface area (Å²) in [6.07, 6.45) is 1.31. The Kier molecular flexibility index (Phi) is 4.95. The lowest BCUT2D eigenvalue weighted by Crippen LogP contribution is -2.37. The highest BCUT2D eigenvalue weighted by Gasteiger charge is 2.28. The Morgan fingerprint density at radius 1 is 1.52 bits per heavy atom. The van der Waals surface area contributed by atoms with E-state index in [1.807, 2.05) is 11.8 Å². The highest BCUT2D eigenvalue weighted by atomic mass is 16.6. The number of nitrogens with one attached hydrogen (secondary N) is 1. The number of aliphatic hydroxyl groups is 1. The average Bonchev–Trinajstić information content (AvgIpc) is 2.47. The summed E-state index contributed by atoms with van der Waals surface area (Å²) in [5, 5.41) is 23.9. The van der Waals surface area contributed by atoms with Gasteiger partial charge in [0.05, 0.1) is 11.0 Å². The van der Waals surface area contributed by atoms with Crippen molar-refractivity contribution in [3.05, 3.63) is 22.2 Å². The first-order valence-electron chi connectivity index (χ1n) is 7.35. The maximum atomic E-state index is 11.2. The minimum absolute atomic E-state index is 0.0344. The predicted molar refractivity (Wildman–Crippen MR) is 81.7 cm³/mol. The van der Waals surface area contributed by atoms with Crippen LogP contribution in [0.5, 0.6) is 0 Å². The number of aliphatic hydroxyl groups excluding tert-OH is 1. The Hall–Kier alpha value is -1.89. The quantitative estimate of drug-likeness (QED) is 0.637. The highest BCUT2D eigenvalue weighted by Crippen LogP contribution is 2.31. The van der Waals surface area contributed by atoms with E-state index in [1.165, 1.54) is 6.07 Å². The molecule has 1 atom stereocenters. The van der Waals surface area contributed by atoms with Crippen LogP contribution in [0.1, 0.15) is 26.7 Å². The molecule has 2 heterocycles. The van der Waals surface area contributed by atoms with Crippen LogP contribution >= 0.6 is 0 Å². The fraction of sp³-hybridized carbons (Fsp3) is 0.643. The summed E-state index contributed by atoms with van der Waals surface area (Å²) in [4.78, 5) is 17.1. The lowest BCUT2D eigenvalue weighted by molar-refractivity contribution is -0.384. The van der Waals surface area contributed by atoms with Gasteiger partial charge in [0.25, 0.3) is 0 Å². The Morgan fingerprint density at radius 2 is 2.19 bits per heavy atom. The van der Waals surface area contributed by atoms with E-state index in [0.29, 0.717) is 31.3 Å². The first kappa shape index (κ1) is 15.5. The Balaban J connectivity index is 2.21. The third kappa shape index (κ3) is 3.60. The van der Waals surface area contributed by atoms with Crippen molar-refractivity contribution in [2.75, 3.05) is 29.9 Å². The minimum Gasteiger partial charge on any atom is -0.393 e. The second-order valence-electron chi connectivity index (χ2n) is 5.39. The van der Waals surface area contributed by atoms with Crippen molar-refractivity contribution >= 4 is 17.3 Å². The van der Waals surface area contributed by atoms with E-state index in [9.17, 15) is 15.2 Å². The molecule has 1 aliphatic heterocycles. The lowest BCUT2D eigenvalue weighted by Gasteiger charge is -2.33. The molecular weight excluding hydrogens is 272 g/mol. The fourth-order valence-electron chi connectivity index (χ4n) is 2.69. The van der Waals surface area contributed by atoms with Gasteiger partial charge in [0.2, 0.25) is 5.82 Å². The third-order valence-electron chi connectivity index (χ3n) is 3.93. The molecule has 1 aliphatic rings. The Labute approximate surface area is 124 Å². The molecule has 0 aliphatic carbocycles. The minimum atomic E-state index is -0.390. The van der Waals surface area contributed by atoms with E-state index in [2.05, 4.69) is 10.3 Å². The molecule has 1 aromatic heterocycles. The fourth-order valence-corrected chi connectivity index (χ4v) is 2.69. The summed E-state index contributed by atoms with van der Waals surface area (Å²) in [5.41, 5.74) is 0.0344. The molecule has 7 heteroatoms. The molecule has 0 saturated carbocycles. The van der Waals surface area contributed by atoms with E-state index in [-0.39, 0.29) is 17.7 Å². The largest absolute Gasteiger partial charge is 0.393 e. The first-order chi connectivity index (χ1) is 10.0. The number of pyridine rings is 1. The van der Waals surface area contributed by atoms with Gasteiger partial charge < -0.3 is 15.3 Å². The predicted octanol–water partition coefficient (Wildman–Crippen LogP) is 2.02. The summed E-state index contributed by atoms with van der Waals surface area (Å²) >= 11 is 0. The molecule has 1 fully saturated rings. The smallest absolute Gasteiger partial charge is 0.311 e. The molecule has 2 rings (SSSR count).